The highest BCUT2D eigenvalue weighted by atomic mass is 16.6. The van der Waals surface area contributed by atoms with E-state index in [0.717, 1.165) is 0 Å². The van der Waals surface area contributed by atoms with Crippen molar-refractivity contribution < 1.29 is 9.53 Å². The largest absolute Gasteiger partial charge is 0.444 e. The predicted molar refractivity (Wildman–Crippen MR) is 57.1 cm³/mol. The van der Waals surface area contributed by atoms with Crippen molar-refractivity contribution in [2.24, 2.45) is 11.7 Å². The summed E-state index contributed by atoms with van der Waals surface area (Å²) in [7, 11) is 1.72. The average molecular weight is 202 g/mol. The first-order valence-corrected chi connectivity index (χ1v) is 4.90. The molecule has 84 valence electrons. The van der Waals surface area contributed by atoms with Gasteiger partial charge in [-0.3, -0.25) is 0 Å². The van der Waals surface area contributed by atoms with Crippen molar-refractivity contribution in [2.45, 2.75) is 33.3 Å². The lowest BCUT2D eigenvalue weighted by atomic mass is 10.2. The Hall–Kier alpha value is -0.770. The zero-order valence-corrected chi connectivity index (χ0v) is 9.83. The molecule has 0 radical (unpaired) electrons. The molecule has 0 fully saturated rings. The molecule has 1 atom stereocenters. The lowest BCUT2D eigenvalue weighted by Gasteiger charge is -2.26. The van der Waals surface area contributed by atoms with Gasteiger partial charge in [0.2, 0.25) is 0 Å². The Balaban J connectivity index is 4.00. The van der Waals surface area contributed by atoms with E-state index < -0.39 is 5.60 Å². The second kappa shape index (κ2) is 5.20. The SMILES string of the molecule is CC(CN)CN(C)C(=O)OC(C)(C)C. The quantitative estimate of drug-likeness (QED) is 0.753. The lowest BCUT2D eigenvalue weighted by Crippen LogP contribution is -2.37. The van der Waals surface area contributed by atoms with Crippen molar-refractivity contribution in [2.75, 3.05) is 20.1 Å². The molecule has 0 aromatic carbocycles. The minimum Gasteiger partial charge on any atom is -0.444 e. The maximum atomic E-state index is 11.5. The van der Waals surface area contributed by atoms with Crippen LogP contribution in [0, 0.1) is 5.92 Å². The molecule has 0 spiro atoms. The van der Waals surface area contributed by atoms with Gasteiger partial charge in [0, 0.05) is 13.6 Å². The summed E-state index contributed by atoms with van der Waals surface area (Å²) in [5.41, 5.74) is 5.04. The van der Waals surface area contributed by atoms with Crippen LogP contribution in [0.25, 0.3) is 0 Å². The number of nitrogens with zero attached hydrogens (tertiary/aromatic N) is 1. The van der Waals surface area contributed by atoms with Crippen LogP contribution in [-0.2, 0) is 4.74 Å². The van der Waals surface area contributed by atoms with E-state index in [9.17, 15) is 4.79 Å². The molecule has 0 saturated heterocycles. The number of carbonyl (C=O) groups is 1. The molecule has 14 heavy (non-hydrogen) atoms. The molecule has 1 unspecified atom stereocenters. The normalized spacial score (nSPS) is 13.6. The smallest absolute Gasteiger partial charge is 0.410 e. The molecule has 0 aliphatic heterocycles. The summed E-state index contributed by atoms with van der Waals surface area (Å²) in [4.78, 5) is 13.0. The molecule has 4 nitrogen and oxygen atoms in total. The topological polar surface area (TPSA) is 55.6 Å². The van der Waals surface area contributed by atoms with Crippen LogP contribution in [0.1, 0.15) is 27.7 Å². The Labute approximate surface area is 86.4 Å². The van der Waals surface area contributed by atoms with Crippen molar-refractivity contribution in [3.8, 4) is 0 Å². The van der Waals surface area contributed by atoms with E-state index in [1.165, 1.54) is 0 Å². The van der Waals surface area contributed by atoms with Gasteiger partial charge in [-0.1, -0.05) is 6.92 Å². The highest BCUT2D eigenvalue weighted by Crippen LogP contribution is 2.09. The van der Waals surface area contributed by atoms with Crippen LogP contribution in [0.4, 0.5) is 4.79 Å². The molecule has 0 aliphatic carbocycles. The third-order valence-corrected chi connectivity index (χ3v) is 1.69. The predicted octanol–water partition coefficient (Wildman–Crippen LogP) is 1.45. The third kappa shape index (κ3) is 5.80. The van der Waals surface area contributed by atoms with Gasteiger partial charge >= 0.3 is 6.09 Å². The van der Waals surface area contributed by atoms with Crippen molar-refractivity contribution >= 4 is 6.09 Å². The van der Waals surface area contributed by atoms with Crippen LogP contribution in [0.15, 0.2) is 0 Å². The zero-order valence-electron chi connectivity index (χ0n) is 9.83. The molecule has 0 bridgehead atoms. The number of amides is 1. The Bertz CT molecular complexity index is 187. The van der Waals surface area contributed by atoms with Crippen LogP contribution in [0.3, 0.4) is 0 Å². The second-order valence-corrected chi connectivity index (χ2v) is 4.70. The van der Waals surface area contributed by atoms with E-state index in [2.05, 4.69) is 0 Å². The number of rotatable bonds is 3. The van der Waals surface area contributed by atoms with Gasteiger partial charge in [-0.15, -0.1) is 0 Å². The molecule has 0 heterocycles. The standard InChI is InChI=1S/C10H22N2O2/c1-8(6-11)7-12(5)9(13)14-10(2,3)4/h8H,6-7,11H2,1-5H3. The van der Waals surface area contributed by atoms with Crippen LogP contribution in [0.2, 0.25) is 0 Å². The average Bonchev–Trinajstić information content (AvgIpc) is 2.00. The summed E-state index contributed by atoms with van der Waals surface area (Å²) >= 11 is 0. The summed E-state index contributed by atoms with van der Waals surface area (Å²) in [5, 5.41) is 0. The van der Waals surface area contributed by atoms with E-state index in [4.69, 9.17) is 10.5 Å². The summed E-state index contributed by atoms with van der Waals surface area (Å²) in [6.07, 6.45) is -0.294. The minimum absolute atomic E-state index is 0.294. The van der Waals surface area contributed by atoms with Crippen LogP contribution >= 0.6 is 0 Å². The maximum absolute atomic E-state index is 11.5. The Morgan fingerprint density at radius 3 is 2.36 bits per heavy atom. The highest BCUT2D eigenvalue weighted by Gasteiger charge is 2.20. The maximum Gasteiger partial charge on any atom is 0.410 e. The van der Waals surface area contributed by atoms with E-state index in [1.54, 1.807) is 11.9 Å². The van der Waals surface area contributed by atoms with Crippen LogP contribution in [0.5, 0.6) is 0 Å². The van der Waals surface area contributed by atoms with Gasteiger partial charge in [0.25, 0.3) is 0 Å². The first-order chi connectivity index (χ1) is 6.26. The summed E-state index contributed by atoms with van der Waals surface area (Å²) in [6, 6.07) is 0. The van der Waals surface area contributed by atoms with Crippen molar-refractivity contribution in [1.82, 2.24) is 4.90 Å². The van der Waals surface area contributed by atoms with Gasteiger partial charge in [-0.05, 0) is 33.2 Å². The van der Waals surface area contributed by atoms with Gasteiger partial charge in [-0.2, -0.15) is 0 Å². The second-order valence-electron chi connectivity index (χ2n) is 4.70. The minimum atomic E-state index is -0.433. The third-order valence-electron chi connectivity index (χ3n) is 1.69. The van der Waals surface area contributed by atoms with Crippen molar-refractivity contribution in [3.63, 3.8) is 0 Å². The summed E-state index contributed by atoms with van der Waals surface area (Å²) in [6.45, 7) is 8.76. The van der Waals surface area contributed by atoms with E-state index in [-0.39, 0.29) is 6.09 Å². The molecule has 0 rings (SSSR count). The molecule has 0 aromatic rings. The van der Waals surface area contributed by atoms with Crippen molar-refractivity contribution in [3.05, 3.63) is 0 Å². The number of ether oxygens (including phenoxy) is 1. The monoisotopic (exact) mass is 202 g/mol. The first-order valence-electron chi connectivity index (χ1n) is 4.90. The highest BCUT2D eigenvalue weighted by molar-refractivity contribution is 5.67. The Morgan fingerprint density at radius 1 is 1.50 bits per heavy atom. The van der Waals surface area contributed by atoms with Gasteiger partial charge in [-0.25, -0.2) is 4.79 Å². The van der Waals surface area contributed by atoms with Crippen LogP contribution < -0.4 is 5.73 Å². The number of hydrogen-bond acceptors (Lipinski definition) is 3. The fourth-order valence-corrected chi connectivity index (χ4v) is 0.956. The first kappa shape index (κ1) is 13.2. The molecule has 2 N–H and O–H groups in total. The van der Waals surface area contributed by atoms with Gasteiger partial charge in [0.15, 0.2) is 0 Å². The van der Waals surface area contributed by atoms with Gasteiger partial charge < -0.3 is 15.4 Å². The Kier molecular flexibility index (Phi) is 4.91. The van der Waals surface area contributed by atoms with E-state index >= 15 is 0 Å². The van der Waals surface area contributed by atoms with E-state index in [0.29, 0.717) is 19.0 Å². The molecule has 0 aliphatic rings. The van der Waals surface area contributed by atoms with Gasteiger partial charge in [0.05, 0.1) is 0 Å². The molecule has 0 aromatic heterocycles. The Morgan fingerprint density at radius 2 is 2.00 bits per heavy atom. The zero-order chi connectivity index (χ0) is 11.4. The number of hydrogen-bond donors (Lipinski definition) is 1. The van der Waals surface area contributed by atoms with E-state index in [1.807, 2.05) is 27.7 Å². The summed E-state index contributed by atoms with van der Waals surface area (Å²) < 4.78 is 5.19. The lowest BCUT2D eigenvalue weighted by molar-refractivity contribution is 0.0279. The van der Waals surface area contributed by atoms with Crippen LogP contribution in [-0.4, -0.2) is 36.7 Å². The fourth-order valence-electron chi connectivity index (χ4n) is 0.956. The number of nitrogens with two attached hydrogens (primary N) is 1. The fraction of sp³-hybridized carbons (Fsp3) is 0.900. The van der Waals surface area contributed by atoms with Crippen molar-refractivity contribution in [1.29, 1.82) is 0 Å². The molecule has 1 amide bonds. The summed E-state index contributed by atoms with van der Waals surface area (Å²) in [5.74, 6) is 0.299. The molecule has 4 heteroatoms. The van der Waals surface area contributed by atoms with Gasteiger partial charge in [0.1, 0.15) is 5.60 Å². The molecule has 0 saturated carbocycles. The number of carbonyl (C=O) groups excluding carboxylic acids is 1. The molecular weight excluding hydrogens is 180 g/mol. The molecular formula is C10H22N2O2.